The lowest BCUT2D eigenvalue weighted by Gasteiger charge is -2.21. The molecular weight excluding hydrogens is 281 g/mol. The van der Waals surface area contributed by atoms with E-state index < -0.39 is 11.7 Å². The molecule has 21 heavy (non-hydrogen) atoms. The zero-order valence-electron chi connectivity index (χ0n) is 12.0. The van der Waals surface area contributed by atoms with E-state index in [-0.39, 0.29) is 5.91 Å². The van der Waals surface area contributed by atoms with Gasteiger partial charge in [0.1, 0.15) is 0 Å². The zero-order chi connectivity index (χ0) is 15.5. The van der Waals surface area contributed by atoms with Crippen LogP contribution >= 0.6 is 0 Å². The number of carbonyl (C=O) groups is 1. The number of nitrogens with zero attached hydrogens (tertiary/aromatic N) is 2. The van der Waals surface area contributed by atoms with Crippen LogP contribution in [-0.2, 0) is 17.5 Å². The molecule has 0 spiro atoms. The van der Waals surface area contributed by atoms with E-state index in [9.17, 15) is 18.0 Å². The Bertz CT molecular complexity index is 485. The second kappa shape index (κ2) is 6.47. The first kappa shape index (κ1) is 15.8. The van der Waals surface area contributed by atoms with Gasteiger partial charge in [0.2, 0.25) is 5.91 Å². The number of halogens is 3. The van der Waals surface area contributed by atoms with Gasteiger partial charge in [-0.15, -0.1) is 0 Å². The van der Waals surface area contributed by atoms with Crippen molar-refractivity contribution in [2.24, 2.45) is 0 Å². The van der Waals surface area contributed by atoms with Crippen LogP contribution in [0.3, 0.4) is 0 Å². The number of carbonyl (C=O) groups excluding carboxylic acids is 1. The Balaban J connectivity index is 1.94. The Labute approximate surface area is 122 Å². The number of alkyl halides is 3. The maximum atomic E-state index is 12.5. The molecule has 1 amide bonds. The van der Waals surface area contributed by atoms with Crippen molar-refractivity contribution in [3.8, 4) is 0 Å². The zero-order valence-corrected chi connectivity index (χ0v) is 12.0. The Morgan fingerprint density at radius 3 is 2.33 bits per heavy atom. The minimum absolute atomic E-state index is 0.0754. The van der Waals surface area contributed by atoms with Gasteiger partial charge in [0.15, 0.2) is 0 Å². The quantitative estimate of drug-likeness (QED) is 0.838. The molecule has 1 fully saturated rings. The summed E-state index contributed by atoms with van der Waals surface area (Å²) < 4.78 is 37.5. The monoisotopic (exact) mass is 300 g/mol. The van der Waals surface area contributed by atoms with Crippen molar-refractivity contribution < 1.29 is 18.0 Å². The van der Waals surface area contributed by atoms with Crippen molar-refractivity contribution in [3.05, 3.63) is 35.4 Å². The lowest BCUT2D eigenvalue weighted by Crippen LogP contribution is -2.33. The Morgan fingerprint density at radius 1 is 1.10 bits per heavy atom. The van der Waals surface area contributed by atoms with Crippen LogP contribution in [0.5, 0.6) is 0 Å². The van der Waals surface area contributed by atoms with Crippen molar-refractivity contribution in [3.63, 3.8) is 0 Å². The molecule has 0 unspecified atom stereocenters. The maximum absolute atomic E-state index is 12.5. The average molecular weight is 300 g/mol. The molecule has 116 valence electrons. The van der Waals surface area contributed by atoms with E-state index in [1.165, 1.54) is 12.1 Å². The lowest BCUT2D eigenvalue weighted by molar-refractivity contribution is -0.137. The first-order valence-electron chi connectivity index (χ1n) is 7.00. The van der Waals surface area contributed by atoms with Gasteiger partial charge in [0.25, 0.3) is 0 Å². The molecule has 0 aromatic heterocycles. The smallest absolute Gasteiger partial charge is 0.342 e. The third-order valence-electron chi connectivity index (χ3n) is 3.72. The first-order valence-corrected chi connectivity index (χ1v) is 7.00. The van der Waals surface area contributed by atoms with E-state index in [4.69, 9.17) is 0 Å². The fourth-order valence-corrected chi connectivity index (χ4v) is 2.50. The van der Waals surface area contributed by atoms with Crippen molar-refractivity contribution in [2.75, 3.05) is 26.2 Å². The molecule has 0 bridgehead atoms. The Kier molecular flexibility index (Phi) is 4.88. The normalized spacial score (nSPS) is 17.6. The summed E-state index contributed by atoms with van der Waals surface area (Å²) in [6.07, 6.45) is -3.40. The number of hydrogen-bond acceptors (Lipinski definition) is 2. The van der Waals surface area contributed by atoms with Gasteiger partial charge in [-0.05, 0) is 24.1 Å². The molecule has 0 radical (unpaired) electrons. The molecule has 1 aromatic carbocycles. The van der Waals surface area contributed by atoms with E-state index in [0.29, 0.717) is 13.1 Å². The topological polar surface area (TPSA) is 23.6 Å². The fourth-order valence-electron chi connectivity index (χ4n) is 2.50. The van der Waals surface area contributed by atoms with E-state index >= 15 is 0 Å². The van der Waals surface area contributed by atoms with E-state index in [1.807, 2.05) is 4.90 Å². The molecule has 1 aromatic rings. The molecule has 0 N–H and O–H groups in total. The molecule has 2 rings (SSSR count). The molecular formula is C15H19F3N2O. The van der Waals surface area contributed by atoms with Crippen LogP contribution in [0.15, 0.2) is 24.3 Å². The molecule has 3 nitrogen and oxygen atoms in total. The minimum atomic E-state index is -4.29. The van der Waals surface area contributed by atoms with Gasteiger partial charge >= 0.3 is 6.18 Å². The summed E-state index contributed by atoms with van der Waals surface area (Å²) in [4.78, 5) is 15.3. The fraction of sp³-hybridized carbons (Fsp3) is 0.533. The third kappa shape index (κ3) is 4.46. The van der Waals surface area contributed by atoms with Gasteiger partial charge < -0.3 is 4.90 Å². The Morgan fingerprint density at radius 2 is 1.76 bits per heavy atom. The summed E-state index contributed by atoms with van der Waals surface area (Å²) in [6, 6.07) is 5.29. The maximum Gasteiger partial charge on any atom is 0.416 e. The predicted octanol–water partition coefficient (Wildman–Crippen LogP) is 2.76. The van der Waals surface area contributed by atoms with E-state index in [2.05, 4.69) is 4.90 Å². The van der Waals surface area contributed by atoms with Crippen molar-refractivity contribution in [1.82, 2.24) is 9.80 Å². The summed E-state index contributed by atoms with van der Waals surface area (Å²) in [5.74, 6) is 0.0754. The molecule has 1 aliphatic rings. The van der Waals surface area contributed by atoms with Crippen LogP contribution < -0.4 is 0 Å². The SMILES string of the molecule is CC(=O)N1CCCN(Cc2ccc(C(F)(F)F)cc2)CC1. The van der Waals surface area contributed by atoms with Crippen LogP contribution in [0.1, 0.15) is 24.5 Å². The molecule has 0 atom stereocenters. The lowest BCUT2D eigenvalue weighted by atomic mass is 10.1. The highest BCUT2D eigenvalue weighted by Gasteiger charge is 2.30. The second-order valence-corrected chi connectivity index (χ2v) is 5.33. The Hall–Kier alpha value is -1.56. The summed E-state index contributed by atoms with van der Waals surface area (Å²) in [5, 5.41) is 0. The molecule has 0 aliphatic carbocycles. The van der Waals surface area contributed by atoms with E-state index in [1.54, 1.807) is 6.92 Å². The van der Waals surface area contributed by atoms with Crippen molar-refractivity contribution in [1.29, 1.82) is 0 Å². The van der Waals surface area contributed by atoms with Gasteiger partial charge in [0.05, 0.1) is 5.56 Å². The molecule has 1 saturated heterocycles. The number of benzene rings is 1. The van der Waals surface area contributed by atoms with Crippen LogP contribution in [-0.4, -0.2) is 41.9 Å². The van der Waals surface area contributed by atoms with Gasteiger partial charge in [-0.2, -0.15) is 13.2 Å². The van der Waals surface area contributed by atoms with E-state index in [0.717, 1.165) is 43.8 Å². The van der Waals surface area contributed by atoms with Crippen molar-refractivity contribution >= 4 is 5.91 Å². The van der Waals surface area contributed by atoms with Crippen LogP contribution in [0.25, 0.3) is 0 Å². The highest BCUT2D eigenvalue weighted by Crippen LogP contribution is 2.29. The molecule has 6 heteroatoms. The molecule has 0 saturated carbocycles. The standard InChI is InChI=1S/C15H19F3N2O/c1-12(21)20-8-2-7-19(9-10-20)11-13-3-5-14(6-4-13)15(16,17)18/h3-6H,2,7-11H2,1H3. The number of amides is 1. The summed E-state index contributed by atoms with van der Waals surface area (Å²) in [7, 11) is 0. The van der Waals surface area contributed by atoms with Gasteiger partial charge in [-0.3, -0.25) is 9.69 Å². The summed E-state index contributed by atoms with van der Waals surface area (Å²) in [5.41, 5.74) is 0.240. The van der Waals surface area contributed by atoms with Gasteiger partial charge in [-0.25, -0.2) is 0 Å². The van der Waals surface area contributed by atoms with Gasteiger partial charge in [-0.1, -0.05) is 12.1 Å². The van der Waals surface area contributed by atoms with Crippen LogP contribution in [0.4, 0.5) is 13.2 Å². The molecule has 1 aliphatic heterocycles. The highest BCUT2D eigenvalue weighted by atomic mass is 19.4. The van der Waals surface area contributed by atoms with Crippen molar-refractivity contribution in [2.45, 2.75) is 26.1 Å². The summed E-state index contributed by atoms with van der Waals surface area (Å²) in [6.45, 7) is 5.20. The third-order valence-corrected chi connectivity index (χ3v) is 3.72. The second-order valence-electron chi connectivity index (χ2n) is 5.33. The summed E-state index contributed by atoms with van der Waals surface area (Å²) >= 11 is 0. The predicted molar refractivity (Wildman–Crippen MR) is 73.6 cm³/mol. The van der Waals surface area contributed by atoms with Crippen LogP contribution in [0, 0.1) is 0 Å². The van der Waals surface area contributed by atoms with Gasteiger partial charge in [0, 0.05) is 39.6 Å². The average Bonchev–Trinajstić information content (AvgIpc) is 2.64. The minimum Gasteiger partial charge on any atom is -0.342 e. The number of rotatable bonds is 2. The number of hydrogen-bond donors (Lipinski definition) is 0. The largest absolute Gasteiger partial charge is 0.416 e. The van der Waals surface area contributed by atoms with Crippen LogP contribution in [0.2, 0.25) is 0 Å². The first-order chi connectivity index (χ1) is 9.86. The molecule has 1 heterocycles. The highest BCUT2D eigenvalue weighted by molar-refractivity contribution is 5.73.